The number of hydrogen-bond donors (Lipinski definition) is 0. The number of nitrogens with zero attached hydrogens (tertiary/aromatic N) is 2. The first-order valence-electron chi connectivity index (χ1n) is 8.42. The van der Waals surface area contributed by atoms with Crippen molar-refractivity contribution in [3.8, 4) is 11.1 Å². The predicted molar refractivity (Wildman–Crippen MR) is 97.7 cm³/mol. The fourth-order valence-electron chi connectivity index (χ4n) is 2.82. The molecule has 0 saturated carbocycles. The number of nitro benzene ring substituents is 1. The van der Waals surface area contributed by atoms with E-state index in [0.29, 0.717) is 17.0 Å². The Morgan fingerprint density at radius 1 is 1.04 bits per heavy atom. The Kier molecular flexibility index (Phi) is 6.23. The Balaban J connectivity index is 2.88. The molecule has 0 radical (unpaired) electrons. The van der Waals surface area contributed by atoms with E-state index in [0.717, 1.165) is 0 Å². The summed E-state index contributed by atoms with van der Waals surface area (Å²) < 4.78 is 10.2. The third-order valence-corrected chi connectivity index (χ3v) is 3.86. The second kappa shape index (κ2) is 8.39. The number of aromatic nitrogens is 1. The maximum absolute atomic E-state index is 12.6. The normalized spacial score (nSPS) is 10.4. The van der Waals surface area contributed by atoms with E-state index in [2.05, 4.69) is 4.98 Å². The van der Waals surface area contributed by atoms with Gasteiger partial charge in [-0.1, -0.05) is 12.1 Å². The topological polar surface area (TPSA) is 109 Å². The molecule has 8 heteroatoms. The summed E-state index contributed by atoms with van der Waals surface area (Å²) in [5.74, 6) is -1.32. The van der Waals surface area contributed by atoms with Gasteiger partial charge in [-0.15, -0.1) is 0 Å². The van der Waals surface area contributed by atoms with Crippen LogP contribution in [-0.4, -0.2) is 35.1 Å². The van der Waals surface area contributed by atoms with Crippen molar-refractivity contribution in [2.24, 2.45) is 0 Å². The third kappa shape index (κ3) is 4.11. The molecule has 0 saturated heterocycles. The van der Waals surface area contributed by atoms with Gasteiger partial charge in [-0.2, -0.15) is 0 Å². The summed E-state index contributed by atoms with van der Waals surface area (Å²) in [6.07, 6.45) is 0. The molecule has 0 unspecified atom stereocenters. The molecule has 2 rings (SSSR count). The molecule has 0 N–H and O–H groups in total. The first-order valence-corrected chi connectivity index (χ1v) is 8.42. The standard InChI is InChI=1S/C19H20N2O6/c1-5-26-18(22)15-11(3)20-12(4)16(19(23)27-6-2)17(15)13-8-7-9-14(10-13)21(24)25/h7-10H,5-6H2,1-4H3. The van der Waals surface area contributed by atoms with Crippen LogP contribution in [0.15, 0.2) is 24.3 Å². The molecule has 1 aromatic heterocycles. The van der Waals surface area contributed by atoms with E-state index in [4.69, 9.17) is 9.47 Å². The number of esters is 2. The highest BCUT2D eigenvalue weighted by Gasteiger charge is 2.28. The Morgan fingerprint density at radius 3 is 2.00 bits per heavy atom. The molecule has 27 heavy (non-hydrogen) atoms. The quantitative estimate of drug-likeness (QED) is 0.433. The summed E-state index contributed by atoms with van der Waals surface area (Å²) in [6.45, 7) is 6.83. The van der Waals surface area contributed by atoms with Gasteiger partial charge in [-0.05, 0) is 33.3 Å². The Bertz CT molecular complexity index is 865. The Labute approximate surface area is 156 Å². The number of benzene rings is 1. The molecule has 0 aliphatic rings. The molecule has 0 spiro atoms. The Hall–Kier alpha value is -3.29. The lowest BCUT2D eigenvalue weighted by Gasteiger charge is -2.17. The van der Waals surface area contributed by atoms with E-state index in [1.54, 1.807) is 33.8 Å². The number of aryl methyl sites for hydroxylation is 2. The largest absolute Gasteiger partial charge is 0.462 e. The average Bonchev–Trinajstić information content (AvgIpc) is 2.61. The predicted octanol–water partition coefficient (Wildman–Crippen LogP) is 3.63. The van der Waals surface area contributed by atoms with E-state index in [-0.39, 0.29) is 35.6 Å². The number of carbonyl (C=O) groups excluding carboxylic acids is 2. The van der Waals surface area contributed by atoms with Crippen LogP contribution in [0.25, 0.3) is 11.1 Å². The zero-order chi connectivity index (χ0) is 20.1. The minimum absolute atomic E-state index is 0.0889. The van der Waals surface area contributed by atoms with Crippen LogP contribution in [0.2, 0.25) is 0 Å². The minimum Gasteiger partial charge on any atom is -0.462 e. The highest BCUT2D eigenvalue weighted by atomic mass is 16.6. The maximum atomic E-state index is 12.6. The zero-order valence-electron chi connectivity index (χ0n) is 15.6. The number of non-ortho nitro benzene ring substituents is 1. The fraction of sp³-hybridized carbons (Fsp3) is 0.316. The van der Waals surface area contributed by atoms with Crippen molar-refractivity contribution in [2.45, 2.75) is 27.7 Å². The molecule has 0 aliphatic heterocycles. The summed E-state index contributed by atoms with van der Waals surface area (Å²) in [6, 6.07) is 5.72. The molecule has 2 aromatic rings. The number of carbonyl (C=O) groups is 2. The van der Waals surface area contributed by atoms with Crippen molar-refractivity contribution < 1.29 is 24.0 Å². The SMILES string of the molecule is CCOC(=O)c1c(C)nc(C)c(C(=O)OCC)c1-c1cccc([N+](=O)[O-])c1. The van der Waals surface area contributed by atoms with Crippen molar-refractivity contribution in [3.05, 3.63) is 56.9 Å². The summed E-state index contributed by atoms with van der Waals surface area (Å²) in [5.41, 5.74) is 1.30. The highest BCUT2D eigenvalue weighted by molar-refractivity contribution is 6.07. The molecule has 0 fully saturated rings. The van der Waals surface area contributed by atoms with Gasteiger partial charge in [-0.25, -0.2) is 9.59 Å². The molecular weight excluding hydrogens is 352 g/mol. The molecule has 0 atom stereocenters. The zero-order valence-corrected chi connectivity index (χ0v) is 15.6. The van der Waals surface area contributed by atoms with E-state index < -0.39 is 16.9 Å². The second-order valence-electron chi connectivity index (χ2n) is 5.66. The monoisotopic (exact) mass is 372 g/mol. The summed E-state index contributed by atoms with van der Waals surface area (Å²) in [5, 5.41) is 11.2. The molecule has 142 valence electrons. The van der Waals surface area contributed by atoms with E-state index in [1.807, 2.05) is 0 Å². The lowest BCUT2D eigenvalue weighted by molar-refractivity contribution is -0.384. The average molecular weight is 372 g/mol. The van der Waals surface area contributed by atoms with Gasteiger partial charge in [0.05, 0.1) is 40.7 Å². The van der Waals surface area contributed by atoms with Gasteiger partial charge in [0.25, 0.3) is 5.69 Å². The number of hydrogen-bond acceptors (Lipinski definition) is 7. The maximum Gasteiger partial charge on any atom is 0.340 e. The highest BCUT2D eigenvalue weighted by Crippen LogP contribution is 2.34. The lowest BCUT2D eigenvalue weighted by atomic mass is 9.92. The molecule has 8 nitrogen and oxygen atoms in total. The Morgan fingerprint density at radius 2 is 1.56 bits per heavy atom. The summed E-state index contributed by atoms with van der Waals surface area (Å²) >= 11 is 0. The molecule has 0 amide bonds. The van der Waals surface area contributed by atoms with Gasteiger partial charge in [0.2, 0.25) is 0 Å². The smallest absolute Gasteiger partial charge is 0.340 e. The van der Waals surface area contributed by atoms with Crippen LogP contribution in [0.5, 0.6) is 0 Å². The molecule has 1 heterocycles. The number of nitro groups is 1. The fourth-order valence-corrected chi connectivity index (χ4v) is 2.82. The van der Waals surface area contributed by atoms with Crippen molar-refractivity contribution in [1.82, 2.24) is 4.98 Å². The first-order chi connectivity index (χ1) is 12.8. The summed E-state index contributed by atoms with van der Waals surface area (Å²) in [7, 11) is 0. The van der Waals surface area contributed by atoms with Crippen molar-refractivity contribution in [2.75, 3.05) is 13.2 Å². The van der Waals surface area contributed by atoms with Gasteiger partial charge in [0, 0.05) is 17.7 Å². The van der Waals surface area contributed by atoms with Crippen LogP contribution in [0, 0.1) is 24.0 Å². The van der Waals surface area contributed by atoms with Gasteiger partial charge in [0.1, 0.15) is 0 Å². The van der Waals surface area contributed by atoms with E-state index in [9.17, 15) is 19.7 Å². The van der Waals surface area contributed by atoms with E-state index in [1.165, 1.54) is 18.2 Å². The van der Waals surface area contributed by atoms with Crippen LogP contribution in [0.3, 0.4) is 0 Å². The number of pyridine rings is 1. The molecule has 0 bridgehead atoms. The summed E-state index contributed by atoms with van der Waals surface area (Å²) in [4.78, 5) is 40.1. The minimum atomic E-state index is -0.658. The first kappa shape index (κ1) is 20.0. The molecule has 1 aromatic carbocycles. The van der Waals surface area contributed by atoms with Crippen molar-refractivity contribution in [3.63, 3.8) is 0 Å². The van der Waals surface area contributed by atoms with Crippen molar-refractivity contribution in [1.29, 1.82) is 0 Å². The van der Waals surface area contributed by atoms with Gasteiger partial charge in [0.15, 0.2) is 0 Å². The second-order valence-corrected chi connectivity index (χ2v) is 5.66. The van der Waals surface area contributed by atoms with Crippen LogP contribution in [-0.2, 0) is 9.47 Å². The van der Waals surface area contributed by atoms with Gasteiger partial charge >= 0.3 is 11.9 Å². The van der Waals surface area contributed by atoms with Crippen LogP contribution in [0.4, 0.5) is 5.69 Å². The van der Waals surface area contributed by atoms with Gasteiger partial charge < -0.3 is 9.47 Å². The van der Waals surface area contributed by atoms with Crippen molar-refractivity contribution >= 4 is 17.6 Å². The number of ether oxygens (including phenoxy) is 2. The van der Waals surface area contributed by atoms with Crippen LogP contribution < -0.4 is 0 Å². The lowest BCUT2D eigenvalue weighted by Crippen LogP contribution is -2.17. The third-order valence-electron chi connectivity index (χ3n) is 3.86. The van der Waals surface area contributed by atoms with Crippen LogP contribution in [0.1, 0.15) is 46.0 Å². The molecular formula is C19H20N2O6. The van der Waals surface area contributed by atoms with Crippen LogP contribution >= 0.6 is 0 Å². The molecule has 0 aliphatic carbocycles. The van der Waals surface area contributed by atoms with E-state index >= 15 is 0 Å². The van der Waals surface area contributed by atoms with Gasteiger partial charge in [-0.3, -0.25) is 15.1 Å². The number of rotatable bonds is 6.